The Morgan fingerprint density at radius 1 is 1.69 bits per heavy atom. The second-order valence-corrected chi connectivity index (χ2v) is 3.36. The van der Waals surface area contributed by atoms with Gasteiger partial charge in [-0.2, -0.15) is 5.10 Å². The van der Waals surface area contributed by atoms with E-state index in [9.17, 15) is 8.78 Å². The normalized spacial score (nSPS) is 11.2. The first-order chi connectivity index (χ1) is 6.09. The fourth-order valence-electron chi connectivity index (χ4n) is 0.848. The van der Waals surface area contributed by atoms with E-state index in [1.54, 1.807) is 17.9 Å². The molecule has 0 aliphatic carbocycles. The highest BCUT2D eigenvalue weighted by Gasteiger charge is 2.07. The molecule has 0 fully saturated rings. The number of hydrogen-bond acceptors (Lipinski definition) is 2. The van der Waals surface area contributed by atoms with Crippen LogP contribution < -0.4 is 0 Å². The van der Waals surface area contributed by atoms with Crippen LogP contribution in [0.3, 0.4) is 0 Å². The van der Waals surface area contributed by atoms with Crippen molar-refractivity contribution in [3.8, 4) is 0 Å². The van der Waals surface area contributed by atoms with Crippen LogP contribution in [0.1, 0.15) is 5.69 Å². The Morgan fingerprint density at radius 2 is 2.38 bits per heavy atom. The summed E-state index contributed by atoms with van der Waals surface area (Å²) in [5, 5.41) is 4.01. The molecule has 0 aliphatic rings. The lowest BCUT2D eigenvalue weighted by Crippen LogP contribution is -2.05. The van der Waals surface area contributed by atoms with E-state index in [-0.39, 0.29) is 6.61 Å². The predicted molar refractivity (Wildman–Crippen MR) is 46.6 cm³/mol. The molecule has 0 saturated carbocycles. The molecule has 0 saturated heterocycles. The summed E-state index contributed by atoms with van der Waals surface area (Å²) < 4.78 is 30.4. The highest BCUT2D eigenvalue weighted by Crippen LogP contribution is 2.15. The third-order valence-corrected chi connectivity index (χ3v) is 2.00. The van der Waals surface area contributed by atoms with Gasteiger partial charge >= 0.3 is 0 Å². The molecule has 0 N–H and O–H groups in total. The van der Waals surface area contributed by atoms with Crippen molar-refractivity contribution in [1.29, 1.82) is 0 Å². The van der Waals surface area contributed by atoms with Crippen LogP contribution in [0.5, 0.6) is 0 Å². The Morgan fingerprint density at radius 3 is 2.85 bits per heavy atom. The number of rotatable bonds is 4. The summed E-state index contributed by atoms with van der Waals surface area (Å²) in [6.45, 7) is -0.450. The first kappa shape index (κ1) is 10.6. The molecule has 3 nitrogen and oxygen atoms in total. The van der Waals surface area contributed by atoms with Gasteiger partial charge < -0.3 is 4.74 Å². The van der Waals surface area contributed by atoms with E-state index >= 15 is 0 Å². The Kier molecular flexibility index (Phi) is 3.80. The first-order valence-electron chi connectivity index (χ1n) is 3.63. The van der Waals surface area contributed by atoms with Crippen LogP contribution in [-0.4, -0.2) is 22.8 Å². The number of hydrogen-bond donors (Lipinski definition) is 0. The SMILES string of the molecule is Cn1cc(Br)c(COCC(F)F)n1. The van der Waals surface area contributed by atoms with Crippen LogP contribution >= 0.6 is 15.9 Å². The molecule has 0 atom stereocenters. The van der Waals surface area contributed by atoms with E-state index in [1.165, 1.54) is 0 Å². The summed E-state index contributed by atoms with van der Waals surface area (Å²) in [7, 11) is 1.75. The lowest BCUT2D eigenvalue weighted by atomic mass is 10.5. The molecule has 0 radical (unpaired) electrons. The highest BCUT2D eigenvalue weighted by molar-refractivity contribution is 9.10. The van der Waals surface area contributed by atoms with Gasteiger partial charge in [0.15, 0.2) is 0 Å². The van der Waals surface area contributed by atoms with E-state index in [0.717, 1.165) is 4.47 Å². The largest absolute Gasteiger partial charge is 0.369 e. The Labute approximate surface area is 82.8 Å². The fraction of sp³-hybridized carbons (Fsp3) is 0.571. The fourth-order valence-corrected chi connectivity index (χ4v) is 1.34. The van der Waals surface area contributed by atoms with Crippen LogP contribution in [0.15, 0.2) is 10.7 Å². The summed E-state index contributed by atoms with van der Waals surface area (Å²) in [5.74, 6) is 0. The van der Waals surface area contributed by atoms with E-state index in [2.05, 4.69) is 21.0 Å². The zero-order valence-corrected chi connectivity index (χ0v) is 8.59. The maximum absolute atomic E-state index is 11.7. The number of ether oxygens (including phenoxy) is 1. The number of aromatic nitrogens is 2. The van der Waals surface area contributed by atoms with Crippen LogP contribution in [0.25, 0.3) is 0 Å². The predicted octanol–water partition coefficient (Wildman–Crippen LogP) is 1.96. The molecule has 0 aromatic carbocycles. The van der Waals surface area contributed by atoms with E-state index in [0.29, 0.717) is 5.69 Å². The molecule has 1 aromatic heterocycles. The molecule has 1 aromatic rings. The average Bonchev–Trinajstić information content (AvgIpc) is 2.29. The maximum atomic E-state index is 11.7. The maximum Gasteiger partial charge on any atom is 0.261 e. The van der Waals surface area contributed by atoms with Gasteiger partial charge in [-0.3, -0.25) is 4.68 Å². The van der Waals surface area contributed by atoms with Gasteiger partial charge in [-0.1, -0.05) is 0 Å². The molecule has 13 heavy (non-hydrogen) atoms. The van der Waals surface area contributed by atoms with E-state index < -0.39 is 13.0 Å². The standard InChI is InChI=1S/C7H9BrF2N2O/c1-12-2-5(8)6(11-12)3-13-4-7(9)10/h2,7H,3-4H2,1H3. The Balaban J connectivity index is 2.40. The van der Waals surface area contributed by atoms with Crippen LogP contribution in [0.2, 0.25) is 0 Å². The number of alkyl halides is 2. The van der Waals surface area contributed by atoms with Crippen LogP contribution in [0, 0.1) is 0 Å². The van der Waals surface area contributed by atoms with Crippen molar-refractivity contribution in [2.75, 3.05) is 6.61 Å². The number of aryl methyl sites for hydroxylation is 1. The molecule has 1 rings (SSSR count). The molecule has 0 unspecified atom stereocenters. The van der Waals surface area contributed by atoms with Gasteiger partial charge in [0.25, 0.3) is 6.43 Å². The Bertz CT molecular complexity index is 277. The topological polar surface area (TPSA) is 27.1 Å². The van der Waals surface area contributed by atoms with E-state index in [4.69, 9.17) is 4.74 Å². The zero-order valence-electron chi connectivity index (χ0n) is 7.01. The molecule has 74 valence electrons. The lowest BCUT2D eigenvalue weighted by molar-refractivity contribution is 0.00854. The van der Waals surface area contributed by atoms with Gasteiger partial charge in [-0.05, 0) is 15.9 Å². The molecule has 0 spiro atoms. The van der Waals surface area contributed by atoms with Crippen molar-refractivity contribution in [3.63, 3.8) is 0 Å². The van der Waals surface area contributed by atoms with Gasteiger partial charge in [-0.25, -0.2) is 8.78 Å². The van der Waals surface area contributed by atoms with Crippen molar-refractivity contribution in [2.45, 2.75) is 13.0 Å². The minimum atomic E-state index is -2.43. The summed E-state index contributed by atoms with van der Waals surface area (Å²) in [6.07, 6.45) is -0.691. The van der Waals surface area contributed by atoms with Gasteiger partial charge in [0.2, 0.25) is 0 Å². The quantitative estimate of drug-likeness (QED) is 0.822. The van der Waals surface area contributed by atoms with Gasteiger partial charge in [-0.15, -0.1) is 0 Å². The van der Waals surface area contributed by atoms with Crippen molar-refractivity contribution in [3.05, 3.63) is 16.4 Å². The Hall–Kier alpha value is -0.490. The molecule has 1 heterocycles. The van der Waals surface area contributed by atoms with Gasteiger partial charge in [0, 0.05) is 13.2 Å². The smallest absolute Gasteiger partial charge is 0.261 e. The van der Waals surface area contributed by atoms with Crippen molar-refractivity contribution < 1.29 is 13.5 Å². The van der Waals surface area contributed by atoms with Crippen molar-refractivity contribution in [1.82, 2.24) is 9.78 Å². The monoisotopic (exact) mass is 254 g/mol. The first-order valence-corrected chi connectivity index (χ1v) is 4.43. The average molecular weight is 255 g/mol. The second kappa shape index (κ2) is 4.66. The minimum absolute atomic E-state index is 0.103. The van der Waals surface area contributed by atoms with Crippen molar-refractivity contribution in [2.24, 2.45) is 7.05 Å². The third kappa shape index (κ3) is 3.40. The summed E-state index contributed by atoms with van der Waals surface area (Å²) in [5.41, 5.74) is 0.628. The third-order valence-electron chi connectivity index (χ3n) is 1.34. The second-order valence-electron chi connectivity index (χ2n) is 2.50. The zero-order chi connectivity index (χ0) is 9.84. The van der Waals surface area contributed by atoms with Gasteiger partial charge in [0.1, 0.15) is 12.3 Å². The number of nitrogens with zero attached hydrogens (tertiary/aromatic N) is 2. The summed E-state index contributed by atoms with van der Waals surface area (Å²) in [6, 6.07) is 0. The lowest BCUT2D eigenvalue weighted by Gasteiger charge is -2.00. The summed E-state index contributed by atoms with van der Waals surface area (Å²) >= 11 is 3.23. The number of halogens is 3. The highest BCUT2D eigenvalue weighted by atomic mass is 79.9. The minimum Gasteiger partial charge on any atom is -0.369 e. The molecule has 6 heteroatoms. The molecule has 0 aliphatic heterocycles. The summed E-state index contributed by atoms with van der Waals surface area (Å²) in [4.78, 5) is 0. The molecule has 0 bridgehead atoms. The van der Waals surface area contributed by atoms with Crippen molar-refractivity contribution >= 4 is 15.9 Å². The van der Waals surface area contributed by atoms with E-state index in [1.807, 2.05) is 0 Å². The molecule has 0 amide bonds. The van der Waals surface area contributed by atoms with Gasteiger partial charge in [0.05, 0.1) is 11.1 Å². The van der Waals surface area contributed by atoms with Crippen LogP contribution in [0.4, 0.5) is 8.78 Å². The molecular formula is C7H9BrF2N2O. The molecular weight excluding hydrogens is 246 g/mol. The van der Waals surface area contributed by atoms with Crippen LogP contribution in [-0.2, 0) is 18.4 Å².